The summed E-state index contributed by atoms with van der Waals surface area (Å²) in [5, 5.41) is 3.15. The molecule has 2 rings (SSSR count). The van der Waals surface area contributed by atoms with E-state index in [-0.39, 0.29) is 22.8 Å². The molecule has 130 valence electrons. The number of aromatic nitrogens is 1. The number of rotatable bonds is 7. The molecule has 0 aliphatic carbocycles. The lowest BCUT2D eigenvalue weighted by atomic mass is 10.1. The van der Waals surface area contributed by atoms with Crippen molar-refractivity contribution in [2.75, 3.05) is 19.5 Å². The SMILES string of the molecule is CCC(F)(F)c1cnc(Cl)cc1NCc1ccc(OC)cc1OC. The largest absolute Gasteiger partial charge is 0.497 e. The number of nitrogens with one attached hydrogen (secondary N) is 1. The molecular weight excluding hydrogens is 338 g/mol. The van der Waals surface area contributed by atoms with Gasteiger partial charge in [0.05, 0.1) is 19.8 Å². The van der Waals surface area contributed by atoms with E-state index in [1.807, 2.05) is 6.07 Å². The number of methoxy groups -OCH3 is 2. The van der Waals surface area contributed by atoms with Crippen LogP contribution in [0.3, 0.4) is 0 Å². The third kappa shape index (κ3) is 4.06. The fraction of sp³-hybridized carbons (Fsp3) is 0.353. The normalized spacial score (nSPS) is 11.2. The van der Waals surface area contributed by atoms with E-state index >= 15 is 0 Å². The van der Waals surface area contributed by atoms with Crippen molar-refractivity contribution >= 4 is 17.3 Å². The van der Waals surface area contributed by atoms with Gasteiger partial charge >= 0.3 is 0 Å². The Kier molecular flexibility index (Phi) is 5.83. The Morgan fingerprint density at radius 2 is 1.96 bits per heavy atom. The van der Waals surface area contributed by atoms with Crippen molar-refractivity contribution in [3.8, 4) is 11.5 Å². The maximum absolute atomic E-state index is 14.1. The number of ether oxygens (including phenoxy) is 2. The monoisotopic (exact) mass is 356 g/mol. The molecule has 0 saturated carbocycles. The maximum atomic E-state index is 14.1. The van der Waals surface area contributed by atoms with Gasteiger partial charge in [-0.2, -0.15) is 0 Å². The van der Waals surface area contributed by atoms with Gasteiger partial charge in [-0.1, -0.05) is 18.5 Å². The van der Waals surface area contributed by atoms with Gasteiger partial charge in [0.15, 0.2) is 0 Å². The molecule has 0 spiro atoms. The van der Waals surface area contributed by atoms with Gasteiger partial charge in [0.1, 0.15) is 16.7 Å². The standard InChI is InChI=1S/C17H19ClF2N2O2/c1-4-17(19,20)13-10-22-16(18)8-14(13)21-9-11-5-6-12(23-2)7-15(11)24-3/h5-8,10H,4,9H2,1-3H3,(H,21,22). The van der Waals surface area contributed by atoms with E-state index in [0.717, 1.165) is 11.8 Å². The zero-order valence-corrected chi connectivity index (χ0v) is 14.5. The molecule has 0 fully saturated rings. The van der Waals surface area contributed by atoms with Gasteiger partial charge in [-0.3, -0.25) is 0 Å². The minimum atomic E-state index is -2.98. The van der Waals surface area contributed by atoms with Crippen LogP contribution in [0.5, 0.6) is 11.5 Å². The van der Waals surface area contributed by atoms with Gasteiger partial charge in [-0.15, -0.1) is 0 Å². The highest BCUT2D eigenvalue weighted by Crippen LogP contribution is 2.37. The minimum absolute atomic E-state index is 0.148. The van der Waals surface area contributed by atoms with E-state index < -0.39 is 5.92 Å². The van der Waals surface area contributed by atoms with Crippen LogP contribution in [0.4, 0.5) is 14.5 Å². The summed E-state index contributed by atoms with van der Waals surface area (Å²) < 4.78 is 38.6. The van der Waals surface area contributed by atoms with Crippen molar-refractivity contribution in [1.82, 2.24) is 4.98 Å². The molecule has 1 heterocycles. The number of alkyl halides is 2. The van der Waals surface area contributed by atoms with Gasteiger partial charge in [0, 0.05) is 36.5 Å². The Morgan fingerprint density at radius 3 is 2.58 bits per heavy atom. The summed E-state index contributed by atoms with van der Waals surface area (Å²) >= 11 is 5.85. The van der Waals surface area contributed by atoms with Crippen LogP contribution in [0.1, 0.15) is 24.5 Å². The quantitative estimate of drug-likeness (QED) is 0.719. The molecule has 0 bridgehead atoms. The van der Waals surface area contributed by atoms with Crippen molar-refractivity contribution < 1.29 is 18.3 Å². The van der Waals surface area contributed by atoms with Gasteiger partial charge in [0.2, 0.25) is 0 Å². The first kappa shape index (κ1) is 18.3. The van der Waals surface area contributed by atoms with Crippen LogP contribution in [0.2, 0.25) is 5.15 Å². The second-order valence-corrected chi connectivity index (χ2v) is 5.53. The number of pyridine rings is 1. The van der Waals surface area contributed by atoms with Crippen LogP contribution in [0.25, 0.3) is 0 Å². The van der Waals surface area contributed by atoms with Crippen LogP contribution in [0.15, 0.2) is 30.5 Å². The highest BCUT2D eigenvalue weighted by Gasteiger charge is 2.32. The van der Waals surface area contributed by atoms with E-state index in [1.165, 1.54) is 20.1 Å². The molecule has 0 aliphatic rings. The number of hydrogen-bond donors (Lipinski definition) is 1. The van der Waals surface area contributed by atoms with Crippen molar-refractivity contribution in [1.29, 1.82) is 0 Å². The molecule has 7 heteroatoms. The molecule has 2 aromatic rings. The van der Waals surface area contributed by atoms with E-state index in [9.17, 15) is 8.78 Å². The minimum Gasteiger partial charge on any atom is -0.497 e. The molecule has 24 heavy (non-hydrogen) atoms. The number of anilines is 1. The van der Waals surface area contributed by atoms with Crippen molar-refractivity contribution in [2.24, 2.45) is 0 Å². The third-order valence-corrected chi connectivity index (χ3v) is 3.88. The molecule has 0 aliphatic heterocycles. The molecule has 1 N–H and O–H groups in total. The summed E-state index contributed by atoms with van der Waals surface area (Å²) in [6.45, 7) is 1.71. The molecule has 0 amide bonds. The molecule has 1 aromatic carbocycles. The zero-order chi connectivity index (χ0) is 17.7. The van der Waals surface area contributed by atoms with E-state index in [2.05, 4.69) is 10.3 Å². The van der Waals surface area contributed by atoms with Crippen LogP contribution >= 0.6 is 11.6 Å². The summed E-state index contributed by atoms with van der Waals surface area (Å²) in [4.78, 5) is 3.77. The lowest BCUT2D eigenvalue weighted by Crippen LogP contribution is -2.16. The van der Waals surface area contributed by atoms with Crippen LogP contribution in [-0.4, -0.2) is 19.2 Å². The van der Waals surface area contributed by atoms with Crippen molar-refractivity contribution in [3.63, 3.8) is 0 Å². The first-order chi connectivity index (χ1) is 11.4. The number of benzene rings is 1. The summed E-state index contributed by atoms with van der Waals surface area (Å²) in [6, 6.07) is 6.72. The Hall–Kier alpha value is -2.08. The van der Waals surface area contributed by atoms with Crippen LogP contribution in [0, 0.1) is 0 Å². The Bertz CT molecular complexity index is 711. The smallest absolute Gasteiger partial charge is 0.276 e. The highest BCUT2D eigenvalue weighted by molar-refractivity contribution is 6.29. The predicted molar refractivity (Wildman–Crippen MR) is 90.3 cm³/mol. The maximum Gasteiger partial charge on any atom is 0.276 e. The summed E-state index contributed by atoms with van der Waals surface area (Å²) in [5.74, 6) is -1.73. The summed E-state index contributed by atoms with van der Waals surface area (Å²) in [7, 11) is 3.10. The van der Waals surface area contributed by atoms with Gasteiger partial charge < -0.3 is 14.8 Å². The molecule has 1 aromatic heterocycles. The fourth-order valence-corrected chi connectivity index (χ4v) is 2.40. The van der Waals surface area contributed by atoms with Gasteiger partial charge in [-0.25, -0.2) is 13.8 Å². The highest BCUT2D eigenvalue weighted by atomic mass is 35.5. The fourth-order valence-electron chi connectivity index (χ4n) is 2.25. The second-order valence-electron chi connectivity index (χ2n) is 5.14. The predicted octanol–water partition coefficient (Wildman–Crippen LogP) is 4.87. The summed E-state index contributed by atoms with van der Waals surface area (Å²) in [5.41, 5.74) is 0.874. The first-order valence-corrected chi connectivity index (χ1v) is 7.77. The Labute approximate surface area is 144 Å². The number of hydrogen-bond acceptors (Lipinski definition) is 4. The molecule has 4 nitrogen and oxygen atoms in total. The van der Waals surface area contributed by atoms with E-state index in [0.29, 0.717) is 18.0 Å². The Balaban J connectivity index is 2.28. The average Bonchev–Trinajstić information content (AvgIpc) is 2.59. The zero-order valence-electron chi connectivity index (χ0n) is 13.7. The number of halogens is 3. The topological polar surface area (TPSA) is 43.4 Å². The van der Waals surface area contributed by atoms with E-state index in [1.54, 1.807) is 19.2 Å². The second kappa shape index (κ2) is 7.66. The van der Waals surface area contributed by atoms with Crippen molar-refractivity contribution in [3.05, 3.63) is 46.7 Å². The molecule has 0 unspecified atom stereocenters. The lowest BCUT2D eigenvalue weighted by molar-refractivity contribution is -0.00788. The van der Waals surface area contributed by atoms with Gasteiger partial charge in [-0.05, 0) is 18.2 Å². The van der Waals surface area contributed by atoms with Crippen molar-refractivity contribution in [2.45, 2.75) is 25.8 Å². The molecular formula is C17H19ClF2N2O2. The summed E-state index contributed by atoms with van der Waals surface area (Å²) in [6.07, 6.45) is 0.788. The van der Waals surface area contributed by atoms with E-state index in [4.69, 9.17) is 21.1 Å². The third-order valence-electron chi connectivity index (χ3n) is 3.67. The Morgan fingerprint density at radius 1 is 1.21 bits per heavy atom. The molecule has 0 atom stereocenters. The van der Waals surface area contributed by atoms with Crippen LogP contribution < -0.4 is 14.8 Å². The molecule has 0 radical (unpaired) electrons. The average molecular weight is 357 g/mol. The first-order valence-electron chi connectivity index (χ1n) is 7.40. The molecule has 0 saturated heterocycles. The number of nitrogens with zero attached hydrogens (tertiary/aromatic N) is 1. The van der Waals surface area contributed by atoms with Gasteiger partial charge in [0.25, 0.3) is 5.92 Å². The lowest BCUT2D eigenvalue weighted by Gasteiger charge is -2.20. The van der Waals surface area contributed by atoms with Crippen LogP contribution in [-0.2, 0) is 12.5 Å².